The maximum Gasteiger partial charge on any atom is 0.164 e. The molecule has 7 aromatic carbocycles. The molecule has 0 saturated heterocycles. The van der Waals surface area contributed by atoms with Crippen molar-refractivity contribution < 1.29 is 0 Å². The van der Waals surface area contributed by atoms with Crippen molar-refractivity contribution in [1.29, 1.82) is 0 Å². The highest BCUT2D eigenvalue weighted by atomic mass is 15.0. The van der Waals surface area contributed by atoms with Crippen molar-refractivity contribution in [2.45, 2.75) is 0 Å². The number of nitrogens with zero attached hydrogens (tertiary/aromatic N) is 4. The van der Waals surface area contributed by atoms with E-state index in [1.54, 1.807) is 0 Å². The highest BCUT2D eigenvalue weighted by molar-refractivity contribution is 6.10. The Morgan fingerprint density at radius 1 is 0.292 bits per heavy atom. The lowest BCUT2D eigenvalue weighted by Gasteiger charge is -2.12. The van der Waals surface area contributed by atoms with Crippen molar-refractivity contribution in [3.63, 3.8) is 0 Å². The fourth-order valence-electron chi connectivity index (χ4n) is 6.53. The Morgan fingerprint density at radius 2 is 0.854 bits per heavy atom. The molecule has 0 amide bonds. The van der Waals surface area contributed by atoms with Crippen LogP contribution in [0.5, 0.6) is 0 Å². The predicted molar refractivity (Wildman–Crippen MR) is 197 cm³/mol. The first-order valence-corrected chi connectivity index (χ1v) is 16.1. The zero-order valence-electron chi connectivity index (χ0n) is 26.0. The van der Waals surface area contributed by atoms with Gasteiger partial charge in [0.25, 0.3) is 0 Å². The van der Waals surface area contributed by atoms with Crippen LogP contribution in [0.3, 0.4) is 0 Å². The number of rotatable bonds is 5. The SMILES string of the molecule is c1ccc(-c2nc(-c3ccccc3)nc(-c3cccc4cc(-c5ccc(-c6nc7ccccc7c7ccccc67)cc5)ccc34)n2)cc1. The van der Waals surface area contributed by atoms with Crippen LogP contribution in [0, 0.1) is 0 Å². The molecule has 224 valence electrons. The Balaban J connectivity index is 1.11. The van der Waals surface area contributed by atoms with Crippen LogP contribution in [-0.4, -0.2) is 19.9 Å². The zero-order chi connectivity index (χ0) is 31.9. The van der Waals surface area contributed by atoms with Crippen molar-refractivity contribution in [2.75, 3.05) is 0 Å². The molecule has 0 aliphatic rings. The molecule has 9 rings (SSSR count). The molecular weight excluding hydrogens is 585 g/mol. The van der Waals surface area contributed by atoms with Gasteiger partial charge in [0.15, 0.2) is 17.5 Å². The van der Waals surface area contributed by atoms with Crippen molar-refractivity contribution in [2.24, 2.45) is 0 Å². The van der Waals surface area contributed by atoms with Crippen LogP contribution < -0.4 is 0 Å². The molecule has 0 aliphatic carbocycles. The molecule has 0 N–H and O–H groups in total. The lowest BCUT2D eigenvalue weighted by molar-refractivity contribution is 1.08. The molecule has 2 aromatic heterocycles. The van der Waals surface area contributed by atoms with E-state index >= 15 is 0 Å². The molecule has 9 aromatic rings. The summed E-state index contributed by atoms with van der Waals surface area (Å²) in [6.45, 7) is 0. The Bertz CT molecular complexity index is 2540. The minimum absolute atomic E-state index is 0.653. The monoisotopic (exact) mass is 612 g/mol. The smallest absolute Gasteiger partial charge is 0.164 e. The van der Waals surface area contributed by atoms with Crippen molar-refractivity contribution in [1.82, 2.24) is 19.9 Å². The van der Waals surface area contributed by atoms with Crippen LogP contribution in [0.25, 0.3) is 89.0 Å². The van der Waals surface area contributed by atoms with Gasteiger partial charge >= 0.3 is 0 Å². The lowest BCUT2D eigenvalue weighted by Crippen LogP contribution is -2.00. The molecular formula is C44H28N4. The van der Waals surface area contributed by atoms with Crippen LogP contribution in [0.1, 0.15) is 0 Å². The van der Waals surface area contributed by atoms with E-state index < -0.39 is 0 Å². The van der Waals surface area contributed by atoms with Gasteiger partial charge in [0.1, 0.15) is 0 Å². The molecule has 0 saturated carbocycles. The zero-order valence-corrected chi connectivity index (χ0v) is 26.0. The van der Waals surface area contributed by atoms with Gasteiger partial charge in [0, 0.05) is 33.0 Å². The van der Waals surface area contributed by atoms with Crippen LogP contribution >= 0.6 is 0 Å². The number of aromatic nitrogens is 4. The van der Waals surface area contributed by atoms with Gasteiger partial charge in [0.05, 0.1) is 11.2 Å². The molecule has 0 atom stereocenters. The van der Waals surface area contributed by atoms with E-state index in [0.29, 0.717) is 17.5 Å². The van der Waals surface area contributed by atoms with E-state index in [9.17, 15) is 0 Å². The van der Waals surface area contributed by atoms with Gasteiger partial charge in [-0.1, -0.05) is 158 Å². The topological polar surface area (TPSA) is 51.6 Å². The molecule has 0 aliphatic heterocycles. The highest BCUT2D eigenvalue weighted by Gasteiger charge is 2.15. The Labute approximate surface area is 278 Å². The van der Waals surface area contributed by atoms with E-state index in [0.717, 1.165) is 60.8 Å². The van der Waals surface area contributed by atoms with E-state index in [1.807, 2.05) is 66.7 Å². The van der Waals surface area contributed by atoms with E-state index in [1.165, 1.54) is 10.8 Å². The third-order valence-electron chi connectivity index (χ3n) is 8.92. The fourth-order valence-corrected chi connectivity index (χ4v) is 6.53. The molecule has 0 radical (unpaired) electrons. The van der Waals surface area contributed by atoms with E-state index in [4.69, 9.17) is 19.9 Å². The molecule has 0 bridgehead atoms. The minimum Gasteiger partial charge on any atom is -0.247 e. The van der Waals surface area contributed by atoms with Gasteiger partial charge in [-0.2, -0.15) is 0 Å². The van der Waals surface area contributed by atoms with Crippen molar-refractivity contribution in [3.8, 4) is 56.5 Å². The van der Waals surface area contributed by atoms with Gasteiger partial charge in [-0.15, -0.1) is 0 Å². The summed E-state index contributed by atoms with van der Waals surface area (Å²) in [4.78, 5) is 19.9. The molecule has 2 heterocycles. The number of hydrogen-bond donors (Lipinski definition) is 0. The normalized spacial score (nSPS) is 11.3. The standard InChI is InChI=1S/C44H28N4/c1-3-12-31(13-4-1)42-46-43(32-14-5-2-6-15-32)48-44(47-42)39-20-11-16-34-28-33(26-27-35(34)39)29-22-24-30(25-23-29)41-38-19-8-7-17-36(38)37-18-9-10-21-40(37)45-41/h1-28H. The molecule has 0 unspecified atom stereocenters. The first-order valence-electron chi connectivity index (χ1n) is 16.1. The average Bonchev–Trinajstić information content (AvgIpc) is 3.17. The van der Waals surface area contributed by atoms with Gasteiger partial charge in [-0.25, -0.2) is 19.9 Å². The third-order valence-corrected chi connectivity index (χ3v) is 8.92. The highest BCUT2D eigenvalue weighted by Crippen LogP contribution is 2.35. The summed E-state index contributed by atoms with van der Waals surface area (Å²) in [5, 5.41) is 5.77. The first kappa shape index (κ1) is 27.8. The van der Waals surface area contributed by atoms with Gasteiger partial charge in [-0.05, 0) is 39.4 Å². The number of hydrogen-bond acceptors (Lipinski definition) is 4. The number of para-hydroxylation sites is 1. The van der Waals surface area contributed by atoms with Gasteiger partial charge in [0.2, 0.25) is 0 Å². The quantitative estimate of drug-likeness (QED) is 0.181. The lowest BCUT2D eigenvalue weighted by atomic mass is 9.96. The molecule has 4 heteroatoms. The molecule has 0 spiro atoms. The number of benzene rings is 7. The summed E-state index contributed by atoms with van der Waals surface area (Å²) in [5.41, 5.74) is 8.28. The Hall–Kier alpha value is -6.52. The number of pyridine rings is 1. The fraction of sp³-hybridized carbons (Fsp3) is 0. The number of fused-ring (bicyclic) bond motifs is 4. The van der Waals surface area contributed by atoms with Gasteiger partial charge in [-0.3, -0.25) is 0 Å². The summed E-state index contributed by atoms with van der Waals surface area (Å²) in [6, 6.07) is 58.7. The third kappa shape index (κ3) is 4.97. The first-order chi connectivity index (χ1) is 23.8. The second-order valence-corrected chi connectivity index (χ2v) is 11.9. The second kappa shape index (κ2) is 11.7. The second-order valence-electron chi connectivity index (χ2n) is 11.9. The minimum atomic E-state index is 0.653. The average molecular weight is 613 g/mol. The summed E-state index contributed by atoms with van der Waals surface area (Å²) in [7, 11) is 0. The van der Waals surface area contributed by atoms with Crippen LogP contribution in [0.4, 0.5) is 0 Å². The van der Waals surface area contributed by atoms with Crippen molar-refractivity contribution in [3.05, 3.63) is 170 Å². The Kier molecular flexibility index (Phi) is 6.76. The van der Waals surface area contributed by atoms with Crippen LogP contribution in [-0.2, 0) is 0 Å². The largest absolute Gasteiger partial charge is 0.247 e. The molecule has 0 fully saturated rings. The summed E-state index contributed by atoms with van der Waals surface area (Å²) in [5.74, 6) is 1.96. The van der Waals surface area contributed by atoms with Gasteiger partial charge < -0.3 is 0 Å². The summed E-state index contributed by atoms with van der Waals surface area (Å²) in [6.07, 6.45) is 0. The van der Waals surface area contributed by atoms with Crippen molar-refractivity contribution >= 4 is 32.4 Å². The predicted octanol–water partition coefficient (Wildman–Crippen LogP) is 11.1. The summed E-state index contributed by atoms with van der Waals surface area (Å²) >= 11 is 0. The summed E-state index contributed by atoms with van der Waals surface area (Å²) < 4.78 is 0. The Morgan fingerprint density at radius 3 is 1.56 bits per heavy atom. The van der Waals surface area contributed by atoms with E-state index in [-0.39, 0.29) is 0 Å². The molecule has 4 nitrogen and oxygen atoms in total. The molecule has 48 heavy (non-hydrogen) atoms. The van der Waals surface area contributed by atoms with E-state index in [2.05, 4.69) is 103 Å². The van der Waals surface area contributed by atoms with Crippen LogP contribution in [0.2, 0.25) is 0 Å². The maximum absolute atomic E-state index is 5.09. The maximum atomic E-state index is 5.09. The van der Waals surface area contributed by atoms with Crippen LogP contribution in [0.15, 0.2) is 170 Å².